The number of fused-ring (bicyclic) bond motifs is 1. The Morgan fingerprint density at radius 2 is 1.76 bits per heavy atom. The van der Waals surface area contributed by atoms with Crippen LogP contribution in [0, 0.1) is 11.8 Å². The van der Waals surface area contributed by atoms with Crippen LogP contribution in [0.25, 0.3) is 22.2 Å². The molecule has 34 heavy (non-hydrogen) atoms. The topological polar surface area (TPSA) is 78.8 Å². The fourth-order valence-electron chi connectivity index (χ4n) is 5.14. The maximum absolute atomic E-state index is 13.2. The van der Waals surface area contributed by atoms with Crippen LogP contribution in [0.3, 0.4) is 0 Å². The molecule has 3 aromatic rings. The molecule has 0 radical (unpaired) electrons. The molecule has 0 unspecified atom stereocenters. The van der Waals surface area contributed by atoms with Crippen LogP contribution in [-0.4, -0.2) is 62.6 Å². The number of carbonyl (C=O) groups excluding carboxylic acids is 2. The number of hydrogen-bond donors (Lipinski definition) is 0. The third-order valence-corrected chi connectivity index (χ3v) is 7.51. The van der Waals surface area contributed by atoms with E-state index in [4.69, 9.17) is 4.99 Å². The second-order valence-electron chi connectivity index (χ2n) is 10.1. The van der Waals surface area contributed by atoms with Crippen molar-refractivity contribution in [3.63, 3.8) is 0 Å². The van der Waals surface area contributed by atoms with Crippen molar-refractivity contribution in [1.29, 1.82) is 0 Å². The molecule has 4 aliphatic rings. The van der Waals surface area contributed by atoms with Crippen molar-refractivity contribution >= 4 is 28.7 Å². The maximum atomic E-state index is 13.2. The summed E-state index contributed by atoms with van der Waals surface area (Å²) in [4.78, 5) is 43.0. The fraction of sp³-hybridized carbons (Fsp3) is 0.370. The lowest BCUT2D eigenvalue weighted by Crippen LogP contribution is -2.55. The van der Waals surface area contributed by atoms with E-state index >= 15 is 0 Å². The predicted molar refractivity (Wildman–Crippen MR) is 128 cm³/mol. The van der Waals surface area contributed by atoms with Gasteiger partial charge >= 0.3 is 0 Å². The smallest absolute Gasteiger partial charge is 0.256 e. The van der Waals surface area contributed by atoms with Gasteiger partial charge in [0.15, 0.2) is 5.65 Å². The minimum Gasteiger partial charge on any atom is -0.342 e. The molecular formula is C27H25N5O2. The van der Waals surface area contributed by atoms with E-state index in [1.807, 2.05) is 40.3 Å². The molecule has 1 aromatic carbocycles. The van der Waals surface area contributed by atoms with Crippen molar-refractivity contribution in [3.05, 3.63) is 60.4 Å². The van der Waals surface area contributed by atoms with Gasteiger partial charge in [0.25, 0.3) is 5.91 Å². The van der Waals surface area contributed by atoms with Gasteiger partial charge < -0.3 is 4.90 Å². The highest BCUT2D eigenvalue weighted by molar-refractivity contribution is 6.16. The zero-order valence-electron chi connectivity index (χ0n) is 18.9. The highest BCUT2D eigenvalue weighted by atomic mass is 16.2. The number of aromatic nitrogens is 2. The number of likely N-dealkylation sites (tertiary alicyclic amines) is 1. The fourth-order valence-corrected chi connectivity index (χ4v) is 5.14. The molecule has 3 fully saturated rings. The molecule has 7 rings (SSSR count). The number of aliphatic imine (C=N–C) groups is 1. The predicted octanol–water partition coefficient (Wildman–Crippen LogP) is 3.29. The Labute approximate surface area is 197 Å². The van der Waals surface area contributed by atoms with E-state index in [1.165, 1.54) is 0 Å². The maximum Gasteiger partial charge on any atom is 0.256 e. The van der Waals surface area contributed by atoms with Gasteiger partial charge in [0, 0.05) is 60.4 Å². The van der Waals surface area contributed by atoms with Crippen molar-refractivity contribution < 1.29 is 9.59 Å². The highest BCUT2D eigenvalue weighted by Gasteiger charge is 2.57. The SMILES string of the molecule is O=C(C1CC1)N1CC(CN2C(=O)C3(CC3)N=C2c2ccc(-c3cnc4ncccc4c3)cc2)C1. The first-order valence-corrected chi connectivity index (χ1v) is 12.1. The van der Waals surface area contributed by atoms with Crippen LogP contribution in [0.5, 0.6) is 0 Å². The van der Waals surface area contributed by atoms with Crippen LogP contribution < -0.4 is 0 Å². The molecule has 170 valence electrons. The van der Waals surface area contributed by atoms with E-state index in [1.54, 1.807) is 6.20 Å². The van der Waals surface area contributed by atoms with E-state index in [-0.39, 0.29) is 11.8 Å². The molecule has 0 atom stereocenters. The lowest BCUT2D eigenvalue weighted by molar-refractivity contribution is -0.139. The van der Waals surface area contributed by atoms with Crippen molar-refractivity contribution in [3.8, 4) is 11.1 Å². The lowest BCUT2D eigenvalue weighted by Gasteiger charge is -2.41. The molecule has 2 aromatic heterocycles. The molecular weight excluding hydrogens is 426 g/mol. The number of rotatable bonds is 5. The number of amidine groups is 1. The molecule has 1 spiro atoms. The van der Waals surface area contributed by atoms with E-state index in [0.29, 0.717) is 18.4 Å². The van der Waals surface area contributed by atoms with Crippen LogP contribution >= 0.6 is 0 Å². The Bertz CT molecular complexity index is 1350. The molecule has 0 N–H and O–H groups in total. The molecule has 7 nitrogen and oxygen atoms in total. The summed E-state index contributed by atoms with van der Waals surface area (Å²) in [5.41, 5.74) is 3.26. The zero-order chi connectivity index (χ0) is 22.9. The Morgan fingerprint density at radius 1 is 1.00 bits per heavy atom. The number of pyridine rings is 2. The summed E-state index contributed by atoms with van der Waals surface area (Å²) < 4.78 is 0. The van der Waals surface area contributed by atoms with E-state index in [2.05, 4.69) is 28.2 Å². The van der Waals surface area contributed by atoms with Crippen LogP contribution in [0.15, 0.2) is 59.9 Å². The summed E-state index contributed by atoms with van der Waals surface area (Å²) in [6, 6.07) is 14.3. The third-order valence-electron chi connectivity index (χ3n) is 7.51. The van der Waals surface area contributed by atoms with Gasteiger partial charge in [0.2, 0.25) is 5.91 Å². The second-order valence-corrected chi connectivity index (χ2v) is 10.1. The van der Waals surface area contributed by atoms with Crippen molar-refractivity contribution in [2.45, 2.75) is 31.2 Å². The summed E-state index contributed by atoms with van der Waals surface area (Å²) in [7, 11) is 0. The summed E-state index contributed by atoms with van der Waals surface area (Å²) in [5, 5.41) is 1.01. The Kier molecular flexibility index (Phi) is 4.19. The number of nitrogens with zero attached hydrogens (tertiary/aromatic N) is 5. The van der Waals surface area contributed by atoms with E-state index in [0.717, 1.165) is 72.3 Å². The molecule has 7 heteroatoms. The zero-order valence-corrected chi connectivity index (χ0v) is 18.9. The normalized spacial score (nSPS) is 21.2. The summed E-state index contributed by atoms with van der Waals surface area (Å²) in [6.07, 6.45) is 7.32. The van der Waals surface area contributed by atoms with Gasteiger partial charge in [0.1, 0.15) is 11.4 Å². The largest absolute Gasteiger partial charge is 0.342 e. The Hall–Kier alpha value is -3.61. The number of carbonyl (C=O) groups is 2. The number of benzene rings is 1. The second kappa shape index (κ2) is 7.19. The molecule has 4 heterocycles. The average Bonchev–Trinajstić information content (AvgIpc) is 3.76. The molecule has 2 aliphatic carbocycles. The standard InChI is InChI=1S/C27H25N5O2/c33-25(20-7-8-20)31-14-17(15-31)16-32-24(30-27(9-10-27)26(32)34)19-5-3-18(4-6-19)22-12-21-2-1-11-28-23(21)29-13-22/h1-6,11-13,17,20H,7-10,14-16H2. The first kappa shape index (κ1) is 19.8. The minimum atomic E-state index is -0.531. The van der Waals surface area contributed by atoms with Gasteiger partial charge in [-0.05, 0) is 49.4 Å². The minimum absolute atomic E-state index is 0.129. The lowest BCUT2D eigenvalue weighted by atomic mass is 9.97. The van der Waals surface area contributed by atoms with Gasteiger partial charge in [-0.3, -0.25) is 19.5 Å². The first-order valence-electron chi connectivity index (χ1n) is 12.1. The van der Waals surface area contributed by atoms with E-state index < -0.39 is 5.54 Å². The van der Waals surface area contributed by atoms with Crippen molar-refractivity contribution in [2.24, 2.45) is 16.8 Å². The monoisotopic (exact) mass is 451 g/mol. The number of amides is 2. The van der Waals surface area contributed by atoms with Gasteiger partial charge in [-0.15, -0.1) is 0 Å². The van der Waals surface area contributed by atoms with Gasteiger partial charge in [-0.2, -0.15) is 0 Å². The molecule has 2 aliphatic heterocycles. The Morgan fingerprint density at radius 3 is 2.50 bits per heavy atom. The summed E-state index contributed by atoms with van der Waals surface area (Å²) >= 11 is 0. The number of hydrogen-bond acceptors (Lipinski definition) is 5. The van der Waals surface area contributed by atoms with Gasteiger partial charge in [-0.1, -0.05) is 24.3 Å². The summed E-state index contributed by atoms with van der Waals surface area (Å²) in [5.74, 6) is 1.79. The molecule has 2 saturated carbocycles. The molecule has 2 amide bonds. The molecule has 0 bridgehead atoms. The molecule has 1 saturated heterocycles. The quantitative estimate of drug-likeness (QED) is 0.596. The Balaban J connectivity index is 1.11. The van der Waals surface area contributed by atoms with Crippen molar-refractivity contribution in [2.75, 3.05) is 19.6 Å². The van der Waals surface area contributed by atoms with Crippen LogP contribution in [0.2, 0.25) is 0 Å². The van der Waals surface area contributed by atoms with Crippen LogP contribution in [0.4, 0.5) is 0 Å². The average molecular weight is 452 g/mol. The highest BCUT2D eigenvalue weighted by Crippen LogP contribution is 2.46. The third kappa shape index (κ3) is 3.22. The van der Waals surface area contributed by atoms with Crippen molar-refractivity contribution in [1.82, 2.24) is 19.8 Å². The van der Waals surface area contributed by atoms with Gasteiger partial charge in [0.05, 0.1) is 0 Å². The van der Waals surface area contributed by atoms with Crippen LogP contribution in [0.1, 0.15) is 31.2 Å². The summed E-state index contributed by atoms with van der Waals surface area (Å²) in [6.45, 7) is 2.14. The van der Waals surface area contributed by atoms with Gasteiger partial charge in [-0.25, -0.2) is 9.97 Å². The first-order chi connectivity index (χ1) is 16.6. The van der Waals surface area contributed by atoms with Crippen LogP contribution in [-0.2, 0) is 9.59 Å². The van der Waals surface area contributed by atoms with E-state index in [9.17, 15) is 9.59 Å².